The molecule has 0 unspecified atom stereocenters. The van der Waals surface area contributed by atoms with Gasteiger partial charge in [0.15, 0.2) is 17.2 Å². The molecule has 258 valence electrons. The summed E-state index contributed by atoms with van der Waals surface area (Å²) < 4.78 is 198. The van der Waals surface area contributed by atoms with Gasteiger partial charge in [-0.25, -0.2) is 39.5 Å². The molecule has 0 bridgehead atoms. The van der Waals surface area contributed by atoms with Crippen LogP contribution in [0, 0.1) is 87.3 Å². The maximum Gasteiger partial charge on any atom is 3.00 e. The van der Waals surface area contributed by atoms with Crippen LogP contribution in [0.15, 0.2) is 0 Å². The molecule has 0 aliphatic carbocycles. The fourth-order valence-electron chi connectivity index (χ4n) is 2.35. The summed E-state index contributed by atoms with van der Waals surface area (Å²) in [6.45, 7) is 0. The second-order valence-corrected chi connectivity index (χ2v) is 6.92. The van der Waals surface area contributed by atoms with E-state index in [-0.39, 0.29) is 40.2 Å². The SMILES string of the molecule is [Ir+3].[Ir+3].[O-]B([O-])Oc1c(F)c(F)c(F)c(F)c1F.[O-]B([O-])Oc1c(F)c(F)c(F)c(F)c1F.[O-]B([O-])Oc1c(F)c(F)c(F)c(F)c1F. The zero-order valence-electron chi connectivity index (χ0n) is 20.7. The van der Waals surface area contributed by atoms with Crippen LogP contribution in [-0.2, 0) is 40.2 Å². The van der Waals surface area contributed by atoms with E-state index in [2.05, 4.69) is 14.0 Å². The normalized spacial score (nSPS) is 9.89. The monoisotopic (exact) mass is 1060 g/mol. The number of halogens is 15. The second kappa shape index (κ2) is 19.3. The molecule has 29 heteroatoms. The minimum Gasteiger partial charge on any atom is -0.860 e. The van der Waals surface area contributed by atoms with E-state index in [0.29, 0.717) is 0 Å². The number of rotatable bonds is 6. The third-order valence-electron chi connectivity index (χ3n) is 4.15. The summed E-state index contributed by atoms with van der Waals surface area (Å²) in [5.41, 5.74) is 0. The summed E-state index contributed by atoms with van der Waals surface area (Å²) in [4.78, 5) is 0. The Kier molecular flexibility index (Phi) is 19.1. The first-order chi connectivity index (χ1) is 20.6. The van der Waals surface area contributed by atoms with Crippen LogP contribution in [0.25, 0.3) is 0 Å². The first kappa shape index (κ1) is 46.4. The number of benzene rings is 3. The number of hydrogen-bond donors (Lipinski definition) is 0. The fraction of sp³-hybridized carbons (Fsp3) is 0. The van der Waals surface area contributed by atoms with Crippen molar-refractivity contribution in [2.24, 2.45) is 0 Å². The zero-order valence-corrected chi connectivity index (χ0v) is 25.5. The van der Waals surface area contributed by atoms with E-state index < -0.39 is 126 Å². The van der Waals surface area contributed by atoms with Crippen molar-refractivity contribution in [3.63, 3.8) is 0 Å². The molecule has 3 aromatic carbocycles. The van der Waals surface area contributed by atoms with Gasteiger partial charge in [0.05, 0.1) is 0 Å². The molecule has 3 rings (SSSR count). The molecule has 0 amide bonds. The van der Waals surface area contributed by atoms with Crippen molar-refractivity contribution in [1.82, 2.24) is 0 Å². The Balaban J connectivity index is 0. The van der Waals surface area contributed by atoms with Gasteiger partial charge >= 0.3 is 40.2 Å². The second-order valence-electron chi connectivity index (χ2n) is 6.92. The summed E-state index contributed by atoms with van der Waals surface area (Å²) in [7, 11) is -9.59. The van der Waals surface area contributed by atoms with E-state index in [1.54, 1.807) is 0 Å². The first-order valence-corrected chi connectivity index (χ1v) is 10.1. The van der Waals surface area contributed by atoms with Crippen LogP contribution < -0.4 is 44.1 Å². The van der Waals surface area contributed by atoms with Crippen molar-refractivity contribution >= 4 is 22.0 Å². The van der Waals surface area contributed by atoms with Crippen LogP contribution in [0.3, 0.4) is 0 Å². The standard InChI is InChI=1S/3C6BF5O3.2Ir/c3*8-1-2(9)4(11)6(15-7(13)14)5(12)3(1)10;;/q3*-2;2*+3. The van der Waals surface area contributed by atoms with Crippen LogP contribution in [0.4, 0.5) is 65.9 Å². The molecule has 0 aliphatic rings. The molecule has 47 heavy (non-hydrogen) atoms. The molecule has 0 fully saturated rings. The van der Waals surface area contributed by atoms with Crippen LogP contribution in [0.2, 0.25) is 0 Å². The van der Waals surface area contributed by atoms with Crippen molar-refractivity contribution in [2.45, 2.75) is 0 Å². The van der Waals surface area contributed by atoms with E-state index in [0.717, 1.165) is 0 Å². The molecule has 0 saturated heterocycles. The van der Waals surface area contributed by atoms with E-state index in [9.17, 15) is 96.0 Å². The van der Waals surface area contributed by atoms with Gasteiger partial charge in [-0.05, 0) is 0 Å². The molecule has 0 radical (unpaired) electrons. The molecular formula is C18B3F15Ir2O9. The summed E-state index contributed by atoms with van der Waals surface area (Å²) in [6.07, 6.45) is 0. The third-order valence-corrected chi connectivity index (χ3v) is 4.15. The molecule has 0 spiro atoms. The Labute approximate surface area is 276 Å². The third kappa shape index (κ3) is 11.2. The molecule has 0 atom stereocenters. The van der Waals surface area contributed by atoms with E-state index in [4.69, 9.17) is 0 Å². The Hall–Kier alpha value is -2.74. The van der Waals surface area contributed by atoms with Gasteiger partial charge in [0.1, 0.15) is 22.0 Å². The molecule has 0 aromatic heterocycles. The predicted octanol–water partition coefficient (Wildman–Crippen LogP) is -1.61. The average molecular weight is 1060 g/mol. The number of hydrogen-bond acceptors (Lipinski definition) is 9. The fourth-order valence-corrected chi connectivity index (χ4v) is 2.35. The van der Waals surface area contributed by atoms with Gasteiger partial charge in [-0.3, -0.25) is 0 Å². The Morgan fingerprint density at radius 3 is 0.468 bits per heavy atom. The van der Waals surface area contributed by atoms with Crippen molar-refractivity contribution in [3.8, 4) is 17.2 Å². The Morgan fingerprint density at radius 2 is 0.362 bits per heavy atom. The van der Waals surface area contributed by atoms with Crippen LogP contribution in [0.5, 0.6) is 17.2 Å². The van der Waals surface area contributed by atoms with Gasteiger partial charge in [0.2, 0.25) is 87.3 Å². The minimum absolute atomic E-state index is 0. The summed E-state index contributed by atoms with van der Waals surface area (Å²) in [5.74, 6) is -40.7. The molecule has 0 aliphatic heterocycles. The maximum absolute atomic E-state index is 12.6. The van der Waals surface area contributed by atoms with Gasteiger partial charge < -0.3 is 44.1 Å². The van der Waals surface area contributed by atoms with Crippen LogP contribution in [0.1, 0.15) is 0 Å². The van der Waals surface area contributed by atoms with Crippen molar-refractivity contribution in [1.29, 1.82) is 0 Å². The molecule has 0 saturated carbocycles. The maximum atomic E-state index is 12.6. The average Bonchev–Trinajstić information content (AvgIpc) is 2.98. The predicted molar refractivity (Wildman–Crippen MR) is 97.8 cm³/mol. The molecule has 0 N–H and O–H groups in total. The summed E-state index contributed by atoms with van der Waals surface area (Å²) in [5, 5.41) is 59.2. The Morgan fingerprint density at radius 1 is 0.255 bits per heavy atom. The van der Waals surface area contributed by atoms with Gasteiger partial charge in [-0.1, -0.05) is 0 Å². The van der Waals surface area contributed by atoms with Crippen molar-refractivity contribution in [2.75, 3.05) is 0 Å². The largest absolute Gasteiger partial charge is 3.00 e. The molecular weight excluding hydrogens is 1060 g/mol. The Bertz CT molecular complexity index is 1290. The zero-order chi connectivity index (χ0) is 35.2. The van der Waals surface area contributed by atoms with Crippen LogP contribution in [-0.4, -0.2) is 22.0 Å². The van der Waals surface area contributed by atoms with E-state index in [1.165, 1.54) is 0 Å². The van der Waals surface area contributed by atoms with Gasteiger partial charge in [0.25, 0.3) is 0 Å². The topological polar surface area (TPSA) is 166 Å². The van der Waals surface area contributed by atoms with Gasteiger partial charge in [-0.15, -0.1) is 0 Å². The molecule has 0 heterocycles. The smallest absolute Gasteiger partial charge is 0.860 e. The van der Waals surface area contributed by atoms with E-state index in [1.807, 2.05) is 0 Å². The summed E-state index contributed by atoms with van der Waals surface area (Å²) in [6, 6.07) is 0. The first-order valence-electron chi connectivity index (χ1n) is 10.1. The van der Waals surface area contributed by atoms with Crippen LogP contribution >= 0.6 is 0 Å². The van der Waals surface area contributed by atoms with Crippen molar-refractivity contribution in [3.05, 3.63) is 87.3 Å². The van der Waals surface area contributed by atoms with Crippen molar-refractivity contribution < 1.29 is 150 Å². The quantitative estimate of drug-likeness (QED) is 0.122. The summed E-state index contributed by atoms with van der Waals surface area (Å²) >= 11 is 0. The van der Waals surface area contributed by atoms with E-state index >= 15 is 0 Å². The molecule has 3 aromatic rings. The van der Waals surface area contributed by atoms with Gasteiger partial charge in [-0.2, -0.15) is 26.3 Å². The molecule has 9 nitrogen and oxygen atoms in total. The van der Waals surface area contributed by atoms with Gasteiger partial charge in [0, 0.05) is 0 Å². The minimum atomic E-state index is -3.20.